The molecular formula is C18H21FN6S. The number of hydrogen-bond acceptors (Lipinski definition) is 6. The largest absolute Gasteiger partial charge is 0.362 e. The molecule has 136 valence electrons. The van der Waals surface area contributed by atoms with Crippen molar-refractivity contribution < 1.29 is 4.39 Å². The molecule has 0 unspecified atom stereocenters. The molecule has 3 aromatic heterocycles. The molecule has 1 saturated heterocycles. The molecule has 0 saturated carbocycles. The summed E-state index contributed by atoms with van der Waals surface area (Å²) in [4.78, 5) is 16.1. The smallest absolute Gasteiger partial charge is 0.183 e. The van der Waals surface area contributed by atoms with E-state index in [0.29, 0.717) is 5.82 Å². The fourth-order valence-corrected chi connectivity index (χ4v) is 3.95. The predicted molar refractivity (Wildman–Crippen MR) is 104 cm³/mol. The van der Waals surface area contributed by atoms with Crippen LogP contribution in [0.25, 0.3) is 22.4 Å². The van der Waals surface area contributed by atoms with Gasteiger partial charge in [-0.2, -0.15) is 0 Å². The van der Waals surface area contributed by atoms with E-state index in [1.54, 1.807) is 6.20 Å². The third-order valence-corrected chi connectivity index (χ3v) is 5.57. The molecule has 0 aromatic carbocycles. The first-order chi connectivity index (χ1) is 12.6. The molecule has 0 amide bonds. The Bertz CT molecular complexity index is 921. The minimum Gasteiger partial charge on any atom is -0.362 e. The Hall–Kier alpha value is -2.19. The van der Waals surface area contributed by atoms with Gasteiger partial charge in [-0.3, -0.25) is 0 Å². The van der Waals surface area contributed by atoms with Gasteiger partial charge in [0.25, 0.3) is 0 Å². The van der Waals surface area contributed by atoms with Crippen molar-refractivity contribution in [2.45, 2.75) is 26.3 Å². The van der Waals surface area contributed by atoms with Crippen molar-refractivity contribution in [1.29, 1.82) is 0 Å². The molecule has 0 bridgehead atoms. The molecule has 4 rings (SSSR count). The molecule has 8 heteroatoms. The molecule has 26 heavy (non-hydrogen) atoms. The molecule has 2 N–H and O–H groups in total. The quantitative estimate of drug-likeness (QED) is 0.644. The predicted octanol–water partition coefficient (Wildman–Crippen LogP) is 3.62. The number of H-pyrrole nitrogens is 1. The van der Waals surface area contributed by atoms with Gasteiger partial charge in [0.1, 0.15) is 5.65 Å². The molecule has 0 radical (unpaired) electrons. The number of fused-ring (bicyclic) bond motifs is 1. The molecule has 0 spiro atoms. The van der Waals surface area contributed by atoms with Crippen LogP contribution < -0.4 is 5.32 Å². The Balaban J connectivity index is 1.54. The number of anilines is 1. The Morgan fingerprint density at radius 1 is 1.35 bits per heavy atom. The van der Waals surface area contributed by atoms with E-state index in [9.17, 15) is 4.39 Å². The van der Waals surface area contributed by atoms with Crippen LogP contribution in [0.2, 0.25) is 0 Å². The van der Waals surface area contributed by atoms with E-state index in [0.717, 1.165) is 47.4 Å². The maximum absolute atomic E-state index is 14.2. The van der Waals surface area contributed by atoms with Gasteiger partial charge >= 0.3 is 0 Å². The van der Waals surface area contributed by atoms with Gasteiger partial charge in [0, 0.05) is 42.2 Å². The molecule has 1 fully saturated rings. The SMILES string of the molecule is CCCSN1CC(Nc2nc(-c3c[nH]c4ncc(C)cc34)ncc2F)C1. The summed E-state index contributed by atoms with van der Waals surface area (Å²) in [6.07, 6.45) is 6.01. The van der Waals surface area contributed by atoms with Crippen LogP contribution >= 0.6 is 11.9 Å². The minimum atomic E-state index is -0.428. The van der Waals surface area contributed by atoms with E-state index in [-0.39, 0.29) is 11.9 Å². The molecule has 4 heterocycles. The molecule has 6 nitrogen and oxygen atoms in total. The standard InChI is InChI=1S/C18H21FN6S/c1-3-4-26-25-9-12(10-25)23-18-15(19)8-22-17(24-18)14-7-21-16-13(14)5-11(2)6-20-16/h5-8,12H,3-4,9-10H2,1-2H3,(H,20,21)(H,22,23,24). The zero-order chi connectivity index (χ0) is 18.1. The van der Waals surface area contributed by atoms with Crippen molar-refractivity contribution in [3.05, 3.63) is 36.0 Å². The summed E-state index contributed by atoms with van der Waals surface area (Å²) in [7, 11) is 0. The van der Waals surface area contributed by atoms with Crippen molar-refractivity contribution in [2.75, 3.05) is 24.2 Å². The molecular weight excluding hydrogens is 351 g/mol. The molecule has 0 aliphatic carbocycles. The zero-order valence-electron chi connectivity index (χ0n) is 14.8. The lowest BCUT2D eigenvalue weighted by Crippen LogP contribution is -2.51. The van der Waals surface area contributed by atoms with Crippen molar-refractivity contribution in [3.8, 4) is 11.4 Å². The number of aryl methyl sites for hydroxylation is 1. The number of hydrogen-bond donors (Lipinski definition) is 2. The van der Waals surface area contributed by atoms with Crippen LogP contribution in [-0.4, -0.2) is 49.1 Å². The monoisotopic (exact) mass is 372 g/mol. The molecule has 1 aliphatic heterocycles. The zero-order valence-corrected chi connectivity index (χ0v) is 15.6. The van der Waals surface area contributed by atoms with E-state index >= 15 is 0 Å². The summed E-state index contributed by atoms with van der Waals surface area (Å²) in [6.45, 7) is 5.93. The third kappa shape index (κ3) is 3.39. The highest BCUT2D eigenvalue weighted by Gasteiger charge is 2.28. The van der Waals surface area contributed by atoms with Crippen LogP contribution in [0.15, 0.2) is 24.7 Å². The Morgan fingerprint density at radius 3 is 3.00 bits per heavy atom. The summed E-state index contributed by atoms with van der Waals surface area (Å²) in [6, 6.07) is 2.24. The summed E-state index contributed by atoms with van der Waals surface area (Å²) in [5.74, 6) is 1.44. The van der Waals surface area contributed by atoms with E-state index in [2.05, 4.69) is 36.5 Å². The first-order valence-corrected chi connectivity index (χ1v) is 9.69. The van der Waals surface area contributed by atoms with Crippen molar-refractivity contribution in [2.24, 2.45) is 0 Å². The topological polar surface area (TPSA) is 69.7 Å². The average Bonchev–Trinajstić information content (AvgIpc) is 3.01. The number of pyridine rings is 1. The summed E-state index contributed by atoms with van der Waals surface area (Å²) >= 11 is 1.84. The van der Waals surface area contributed by atoms with Gasteiger partial charge in [-0.1, -0.05) is 18.9 Å². The lowest BCUT2D eigenvalue weighted by molar-refractivity contribution is 0.308. The molecule has 3 aromatic rings. The molecule has 0 atom stereocenters. The van der Waals surface area contributed by atoms with E-state index in [1.807, 2.05) is 31.1 Å². The number of aromatic amines is 1. The van der Waals surface area contributed by atoms with Crippen LogP contribution in [-0.2, 0) is 0 Å². The second-order valence-corrected chi connectivity index (χ2v) is 7.71. The second kappa shape index (κ2) is 7.20. The highest BCUT2D eigenvalue weighted by Crippen LogP contribution is 2.28. The lowest BCUT2D eigenvalue weighted by Gasteiger charge is -2.38. The number of nitrogens with zero attached hydrogens (tertiary/aromatic N) is 4. The maximum atomic E-state index is 14.2. The van der Waals surface area contributed by atoms with Crippen LogP contribution in [0.1, 0.15) is 18.9 Å². The van der Waals surface area contributed by atoms with E-state index in [4.69, 9.17) is 0 Å². The minimum absolute atomic E-state index is 0.212. The van der Waals surface area contributed by atoms with Gasteiger partial charge in [0.05, 0.1) is 12.2 Å². The Kier molecular flexibility index (Phi) is 4.78. The normalized spacial score (nSPS) is 15.3. The van der Waals surface area contributed by atoms with Crippen molar-refractivity contribution in [3.63, 3.8) is 0 Å². The van der Waals surface area contributed by atoms with Crippen LogP contribution in [0.3, 0.4) is 0 Å². The Labute approximate surface area is 155 Å². The van der Waals surface area contributed by atoms with Crippen molar-refractivity contribution >= 4 is 28.8 Å². The van der Waals surface area contributed by atoms with E-state index < -0.39 is 5.82 Å². The summed E-state index contributed by atoms with van der Waals surface area (Å²) in [5.41, 5.74) is 2.65. The number of rotatable bonds is 6. The van der Waals surface area contributed by atoms with Gasteiger partial charge in [-0.05, 0) is 25.0 Å². The summed E-state index contributed by atoms with van der Waals surface area (Å²) < 4.78 is 16.5. The fourth-order valence-electron chi connectivity index (χ4n) is 2.94. The third-order valence-electron chi connectivity index (χ3n) is 4.32. The van der Waals surface area contributed by atoms with Crippen LogP contribution in [0, 0.1) is 12.7 Å². The average molecular weight is 372 g/mol. The first kappa shape index (κ1) is 17.2. The van der Waals surface area contributed by atoms with Gasteiger partial charge in [-0.15, -0.1) is 0 Å². The highest BCUT2D eigenvalue weighted by molar-refractivity contribution is 7.97. The Morgan fingerprint density at radius 2 is 2.19 bits per heavy atom. The van der Waals surface area contributed by atoms with Crippen LogP contribution in [0.4, 0.5) is 10.2 Å². The van der Waals surface area contributed by atoms with Gasteiger partial charge in [-0.25, -0.2) is 23.6 Å². The van der Waals surface area contributed by atoms with Crippen LogP contribution in [0.5, 0.6) is 0 Å². The second-order valence-electron chi connectivity index (χ2n) is 6.52. The van der Waals surface area contributed by atoms with Crippen molar-refractivity contribution in [1.82, 2.24) is 24.2 Å². The van der Waals surface area contributed by atoms with E-state index in [1.165, 1.54) is 6.20 Å². The molecule has 1 aliphatic rings. The lowest BCUT2D eigenvalue weighted by atomic mass is 10.1. The highest BCUT2D eigenvalue weighted by atomic mass is 32.2. The van der Waals surface area contributed by atoms with Gasteiger partial charge in [0.15, 0.2) is 17.5 Å². The first-order valence-electron chi connectivity index (χ1n) is 8.75. The van der Waals surface area contributed by atoms with Gasteiger partial charge in [0.2, 0.25) is 0 Å². The van der Waals surface area contributed by atoms with Gasteiger partial charge < -0.3 is 10.3 Å². The number of nitrogens with one attached hydrogen (secondary N) is 2. The number of aromatic nitrogens is 4. The number of halogens is 1. The fraction of sp³-hybridized carbons (Fsp3) is 0.389. The summed E-state index contributed by atoms with van der Waals surface area (Å²) in [5, 5.41) is 4.15. The maximum Gasteiger partial charge on any atom is 0.183 e.